The number of ether oxygens (including phenoxy) is 1. The molecule has 4 rings (SSSR count). The molecule has 0 saturated carbocycles. The highest BCUT2D eigenvalue weighted by molar-refractivity contribution is 7.12. The summed E-state index contributed by atoms with van der Waals surface area (Å²) in [5, 5.41) is 12.7. The van der Waals surface area contributed by atoms with Gasteiger partial charge in [0.25, 0.3) is 0 Å². The van der Waals surface area contributed by atoms with Crippen LogP contribution < -0.4 is 0 Å². The van der Waals surface area contributed by atoms with Crippen LogP contribution in [0.25, 0.3) is 16.8 Å². The first-order valence-corrected chi connectivity index (χ1v) is 7.97. The van der Waals surface area contributed by atoms with Crippen LogP contribution in [0.5, 0.6) is 0 Å². The number of tetrazole rings is 1. The van der Waals surface area contributed by atoms with Crippen molar-refractivity contribution in [2.45, 2.75) is 13.0 Å². The molecule has 3 heterocycles. The van der Waals surface area contributed by atoms with E-state index in [4.69, 9.17) is 9.15 Å². The third-order valence-electron chi connectivity index (χ3n) is 3.37. The van der Waals surface area contributed by atoms with E-state index in [0.717, 1.165) is 5.52 Å². The molecule has 4 aromatic rings. The molecule has 120 valence electrons. The number of thiophene rings is 1. The minimum atomic E-state index is -0.617. The van der Waals surface area contributed by atoms with Crippen molar-refractivity contribution in [3.63, 3.8) is 0 Å². The molecule has 9 heteroatoms. The third-order valence-corrected chi connectivity index (χ3v) is 4.25. The van der Waals surface area contributed by atoms with Crippen LogP contribution in [0, 0.1) is 0 Å². The summed E-state index contributed by atoms with van der Waals surface area (Å²) in [5.74, 6) is -0.129. The summed E-state index contributed by atoms with van der Waals surface area (Å²) in [5.41, 5.74) is 1.95. The molecule has 1 aromatic carbocycles. The van der Waals surface area contributed by atoms with Gasteiger partial charge in [0.05, 0.1) is 5.69 Å². The highest BCUT2D eigenvalue weighted by Gasteiger charge is 2.22. The van der Waals surface area contributed by atoms with Crippen molar-refractivity contribution in [1.82, 2.24) is 25.2 Å². The number of rotatable bonds is 4. The highest BCUT2D eigenvalue weighted by atomic mass is 32.1. The van der Waals surface area contributed by atoms with Crippen molar-refractivity contribution >= 4 is 28.4 Å². The minimum absolute atomic E-state index is 0.352. The number of benzene rings is 1. The molecule has 0 radical (unpaired) electrons. The number of hydrogen-bond donors (Lipinski definition) is 0. The fraction of sp³-hybridized carbons (Fsp3) is 0.133. The van der Waals surface area contributed by atoms with Crippen molar-refractivity contribution in [2.75, 3.05) is 0 Å². The van der Waals surface area contributed by atoms with Gasteiger partial charge >= 0.3 is 5.97 Å². The lowest BCUT2D eigenvalue weighted by Gasteiger charge is -2.09. The molecular formula is C15H11N5O3S. The fourth-order valence-corrected chi connectivity index (χ4v) is 3.00. The lowest BCUT2D eigenvalue weighted by atomic mass is 10.3. The SMILES string of the molecule is C[C@H](OC(=O)c1sccc1-n1cnnn1)c1nc2ccccc2o1. The first-order chi connectivity index (χ1) is 11.7. The molecule has 0 amide bonds. The molecule has 0 spiro atoms. The Kier molecular flexibility index (Phi) is 3.54. The molecule has 0 aliphatic carbocycles. The number of hydrogen-bond acceptors (Lipinski definition) is 8. The van der Waals surface area contributed by atoms with E-state index >= 15 is 0 Å². The van der Waals surface area contributed by atoms with Gasteiger partial charge in [0.1, 0.15) is 16.7 Å². The van der Waals surface area contributed by atoms with E-state index in [1.54, 1.807) is 18.4 Å². The Balaban J connectivity index is 1.57. The summed E-state index contributed by atoms with van der Waals surface area (Å²) >= 11 is 1.26. The van der Waals surface area contributed by atoms with Crippen molar-refractivity contribution in [3.05, 3.63) is 52.8 Å². The summed E-state index contributed by atoms with van der Waals surface area (Å²) in [6.45, 7) is 1.72. The van der Waals surface area contributed by atoms with Gasteiger partial charge in [0.15, 0.2) is 11.7 Å². The smallest absolute Gasteiger partial charge is 0.351 e. The largest absolute Gasteiger partial charge is 0.448 e. The van der Waals surface area contributed by atoms with Gasteiger partial charge in [-0.3, -0.25) is 0 Å². The summed E-state index contributed by atoms with van der Waals surface area (Å²) in [4.78, 5) is 17.2. The maximum atomic E-state index is 12.5. The lowest BCUT2D eigenvalue weighted by Crippen LogP contribution is -2.11. The van der Waals surface area contributed by atoms with E-state index in [0.29, 0.717) is 22.0 Å². The molecule has 0 N–H and O–H groups in total. The molecule has 1 atom stereocenters. The van der Waals surface area contributed by atoms with Crippen molar-refractivity contribution in [1.29, 1.82) is 0 Å². The van der Waals surface area contributed by atoms with Crippen molar-refractivity contribution in [3.8, 4) is 5.69 Å². The second-order valence-electron chi connectivity index (χ2n) is 4.96. The van der Waals surface area contributed by atoms with Gasteiger partial charge in [-0.05, 0) is 40.9 Å². The first-order valence-electron chi connectivity index (χ1n) is 7.09. The number of oxazole rings is 1. The normalized spacial score (nSPS) is 12.4. The fourth-order valence-electron chi connectivity index (χ4n) is 2.24. The molecule has 0 saturated heterocycles. The second kappa shape index (κ2) is 5.85. The molecular weight excluding hydrogens is 330 g/mol. The van der Waals surface area contributed by atoms with Crippen molar-refractivity contribution < 1.29 is 13.9 Å². The molecule has 0 bridgehead atoms. The Labute approximate surface area is 139 Å². The van der Waals surface area contributed by atoms with Gasteiger partial charge in [0.2, 0.25) is 5.89 Å². The molecule has 3 aromatic heterocycles. The van der Waals surface area contributed by atoms with Crippen LogP contribution in [0.15, 0.2) is 46.5 Å². The summed E-state index contributed by atoms with van der Waals surface area (Å²) in [6, 6.07) is 9.14. The zero-order valence-corrected chi connectivity index (χ0v) is 13.3. The van der Waals surface area contributed by atoms with Gasteiger partial charge < -0.3 is 9.15 Å². The van der Waals surface area contributed by atoms with Gasteiger partial charge in [-0.1, -0.05) is 12.1 Å². The first kappa shape index (κ1) is 14.5. The van der Waals surface area contributed by atoms with E-state index in [9.17, 15) is 4.79 Å². The Hall–Kier alpha value is -3.07. The molecule has 0 fully saturated rings. The van der Waals surface area contributed by atoms with Crippen molar-refractivity contribution in [2.24, 2.45) is 0 Å². The van der Waals surface area contributed by atoms with Crippen LogP contribution in [0.2, 0.25) is 0 Å². The van der Waals surface area contributed by atoms with Crippen LogP contribution >= 0.6 is 11.3 Å². The Morgan fingerprint density at radius 2 is 2.21 bits per heavy atom. The summed E-state index contributed by atoms with van der Waals surface area (Å²) in [6.07, 6.45) is 0.803. The average molecular weight is 341 g/mol. The average Bonchev–Trinajstić information content (AvgIpc) is 3.32. The Morgan fingerprint density at radius 3 is 3.00 bits per heavy atom. The van der Waals surface area contributed by atoms with Crippen LogP contribution in [0.3, 0.4) is 0 Å². The van der Waals surface area contributed by atoms with Crippen LogP contribution in [-0.4, -0.2) is 31.2 Å². The number of esters is 1. The number of nitrogens with zero attached hydrogens (tertiary/aromatic N) is 5. The van der Waals surface area contributed by atoms with E-state index in [1.165, 1.54) is 22.3 Å². The zero-order valence-electron chi connectivity index (χ0n) is 12.5. The lowest BCUT2D eigenvalue weighted by molar-refractivity contribution is 0.0288. The van der Waals surface area contributed by atoms with E-state index < -0.39 is 12.1 Å². The number of aromatic nitrogens is 5. The van der Waals surface area contributed by atoms with Crippen LogP contribution in [-0.2, 0) is 4.74 Å². The van der Waals surface area contributed by atoms with Gasteiger partial charge in [-0.2, -0.15) is 4.68 Å². The van der Waals surface area contributed by atoms with Gasteiger partial charge in [0, 0.05) is 0 Å². The summed E-state index contributed by atoms with van der Waals surface area (Å²) < 4.78 is 12.5. The monoisotopic (exact) mass is 341 g/mol. The van der Waals surface area contributed by atoms with E-state index in [-0.39, 0.29) is 0 Å². The van der Waals surface area contributed by atoms with E-state index in [2.05, 4.69) is 20.5 Å². The summed E-state index contributed by atoms with van der Waals surface area (Å²) in [7, 11) is 0. The molecule has 0 aliphatic rings. The highest BCUT2D eigenvalue weighted by Crippen LogP contribution is 2.26. The Morgan fingerprint density at radius 1 is 1.33 bits per heavy atom. The predicted octanol–water partition coefficient (Wildman–Crippen LogP) is 2.78. The predicted molar refractivity (Wildman–Crippen MR) is 84.9 cm³/mol. The minimum Gasteiger partial charge on any atom is -0.448 e. The zero-order chi connectivity index (χ0) is 16.5. The maximum absolute atomic E-state index is 12.5. The number of fused-ring (bicyclic) bond motifs is 1. The van der Waals surface area contributed by atoms with Crippen LogP contribution in [0.4, 0.5) is 0 Å². The molecule has 0 unspecified atom stereocenters. The Bertz CT molecular complexity index is 959. The standard InChI is InChI=1S/C15H11N5O3S/c1-9(14-17-10-4-2-3-5-12(10)23-14)22-15(21)13-11(6-7-24-13)20-8-16-18-19-20/h2-9H,1H3/t9-/m0/s1. The number of carbonyl (C=O) groups excluding carboxylic acids is 1. The third kappa shape index (κ3) is 2.54. The van der Waals surface area contributed by atoms with Gasteiger partial charge in [-0.15, -0.1) is 16.4 Å². The topological polar surface area (TPSA) is 95.9 Å². The van der Waals surface area contributed by atoms with E-state index in [1.807, 2.05) is 24.3 Å². The molecule has 24 heavy (non-hydrogen) atoms. The number of para-hydroxylation sites is 2. The number of carbonyl (C=O) groups is 1. The maximum Gasteiger partial charge on any atom is 0.351 e. The molecule has 0 aliphatic heterocycles. The van der Waals surface area contributed by atoms with Gasteiger partial charge in [-0.25, -0.2) is 9.78 Å². The molecule has 8 nitrogen and oxygen atoms in total. The van der Waals surface area contributed by atoms with Crippen LogP contribution in [0.1, 0.15) is 28.6 Å². The second-order valence-corrected chi connectivity index (χ2v) is 5.87. The quantitative estimate of drug-likeness (QED) is 0.527.